The highest BCUT2D eigenvalue weighted by Crippen LogP contribution is 2.35. The van der Waals surface area contributed by atoms with Crippen molar-refractivity contribution in [2.45, 2.75) is 13.3 Å². The molecule has 0 spiro atoms. The van der Waals surface area contributed by atoms with Crippen molar-refractivity contribution in [3.05, 3.63) is 27.5 Å². The molecule has 0 aliphatic rings. The zero-order chi connectivity index (χ0) is 14.9. The van der Waals surface area contributed by atoms with Gasteiger partial charge in [-0.05, 0) is 39.5 Å². The van der Waals surface area contributed by atoms with E-state index in [1.165, 1.54) is 18.3 Å². The first-order chi connectivity index (χ1) is 9.42. The van der Waals surface area contributed by atoms with E-state index in [4.69, 9.17) is 9.84 Å². The molecule has 1 unspecified atom stereocenters. The van der Waals surface area contributed by atoms with Gasteiger partial charge in [0.25, 0.3) is 0 Å². The van der Waals surface area contributed by atoms with Crippen LogP contribution in [0.15, 0.2) is 22.7 Å². The van der Waals surface area contributed by atoms with Gasteiger partial charge in [-0.25, -0.2) is 0 Å². The molecule has 0 aliphatic carbocycles. The summed E-state index contributed by atoms with van der Waals surface area (Å²) in [4.78, 5) is 23.4. The van der Waals surface area contributed by atoms with Crippen LogP contribution in [0.4, 0.5) is 0 Å². The number of Topliss-reactive ketones (excluding diaryl/α,β-unsaturated/α-hetero) is 1. The lowest BCUT2D eigenvalue weighted by atomic mass is 10.0. The quantitative estimate of drug-likeness (QED) is 0.823. The normalized spacial score (nSPS) is 12.3. The molecular formula is C14H13BrO4S. The summed E-state index contributed by atoms with van der Waals surface area (Å²) in [5.41, 5.74) is 0. The average Bonchev–Trinajstić information content (AvgIpc) is 2.80. The minimum Gasteiger partial charge on any atom is -0.496 e. The second-order valence-electron chi connectivity index (χ2n) is 4.50. The predicted octanol–water partition coefficient (Wildman–Crippen LogP) is 3.97. The summed E-state index contributed by atoms with van der Waals surface area (Å²) in [6.07, 6.45) is 0.0143. The first-order valence-electron chi connectivity index (χ1n) is 5.95. The topological polar surface area (TPSA) is 63.6 Å². The number of fused-ring (bicyclic) bond motifs is 1. The Morgan fingerprint density at radius 3 is 2.70 bits per heavy atom. The van der Waals surface area contributed by atoms with Crippen molar-refractivity contribution < 1.29 is 19.4 Å². The maximum Gasteiger partial charge on any atom is 0.306 e. The molecule has 20 heavy (non-hydrogen) atoms. The number of ether oxygens (including phenoxy) is 1. The molecule has 2 aromatic rings. The molecule has 0 saturated carbocycles. The molecule has 6 heteroatoms. The van der Waals surface area contributed by atoms with Crippen LogP contribution in [0.25, 0.3) is 10.1 Å². The zero-order valence-electron chi connectivity index (χ0n) is 11.0. The highest BCUT2D eigenvalue weighted by atomic mass is 79.9. The number of aliphatic carboxylic acids is 1. The molecule has 0 aliphatic heterocycles. The van der Waals surface area contributed by atoms with E-state index in [-0.39, 0.29) is 12.2 Å². The van der Waals surface area contributed by atoms with Crippen molar-refractivity contribution in [1.29, 1.82) is 0 Å². The number of carbonyl (C=O) groups is 2. The van der Waals surface area contributed by atoms with Gasteiger partial charge in [0.1, 0.15) is 5.75 Å². The fraction of sp³-hybridized carbons (Fsp3) is 0.286. The van der Waals surface area contributed by atoms with Gasteiger partial charge in [-0.1, -0.05) is 6.92 Å². The molecule has 0 amide bonds. The van der Waals surface area contributed by atoms with Gasteiger partial charge in [0.2, 0.25) is 0 Å². The van der Waals surface area contributed by atoms with Crippen molar-refractivity contribution in [2.75, 3.05) is 7.11 Å². The van der Waals surface area contributed by atoms with Crippen LogP contribution in [0.5, 0.6) is 5.75 Å². The Hall–Kier alpha value is -1.40. The summed E-state index contributed by atoms with van der Waals surface area (Å²) in [7, 11) is 1.58. The number of benzene rings is 1. The number of thiophene rings is 1. The Bertz CT molecular complexity index is 677. The molecule has 0 fully saturated rings. The SMILES string of the molecule is COc1cc2sc(C(=O)CC(C)C(=O)O)cc2cc1Br. The number of carbonyl (C=O) groups excluding carboxylic acids is 1. The van der Waals surface area contributed by atoms with Crippen LogP contribution < -0.4 is 4.74 Å². The predicted molar refractivity (Wildman–Crippen MR) is 81.8 cm³/mol. The first kappa shape index (κ1) is 15.0. The number of methoxy groups -OCH3 is 1. The minimum atomic E-state index is -0.955. The Kier molecular flexibility index (Phi) is 4.45. The number of hydrogen-bond donors (Lipinski definition) is 1. The van der Waals surface area contributed by atoms with Crippen LogP contribution in [0.3, 0.4) is 0 Å². The molecule has 1 aromatic heterocycles. The second-order valence-corrected chi connectivity index (χ2v) is 6.44. The lowest BCUT2D eigenvalue weighted by molar-refractivity contribution is -0.141. The van der Waals surface area contributed by atoms with Gasteiger partial charge < -0.3 is 9.84 Å². The largest absolute Gasteiger partial charge is 0.496 e. The number of carboxylic acids is 1. The number of carboxylic acid groups (broad SMARTS) is 1. The lowest BCUT2D eigenvalue weighted by Gasteiger charge is -2.02. The van der Waals surface area contributed by atoms with Crippen molar-refractivity contribution in [3.8, 4) is 5.75 Å². The monoisotopic (exact) mass is 356 g/mol. The molecule has 1 atom stereocenters. The summed E-state index contributed by atoms with van der Waals surface area (Å²) >= 11 is 4.75. The standard InChI is InChI=1S/C14H13BrO4S/c1-7(14(17)18)3-10(16)13-5-8-4-9(15)11(19-2)6-12(8)20-13/h4-7H,3H2,1-2H3,(H,17,18). The highest BCUT2D eigenvalue weighted by Gasteiger charge is 2.19. The van der Waals surface area contributed by atoms with Crippen molar-refractivity contribution in [1.82, 2.24) is 0 Å². The Labute approximate surface area is 128 Å². The van der Waals surface area contributed by atoms with Gasteiger partial charge in [0.05, 0.1) is 22.4 Å². The molecule has 0 saturated heterocycles. The van der Waals surface area contributed by atoms with Crippen LogP contribution >= 0.6 is 27.3 Å². The van der Waals surface area contributed by atoms with Crippen molar-refractivity contribution in [3.63, 3.8) is 0 Å². The minimum absolute atomic E-state index is 0.0143. The summed E-state index contributed by atoms with van der Waals surface area (Å²) in [5, 5.41) is 9.79. The maximum absolute atomic E-state index is 12.1. The Morgan fingerprint density at radius 1 is 1.40 bits per heavy atom. The van der Waals surface area contributed by atoms with Crippen LogP contribution in [0, 0.1) is 5.92 Å². The summed E-state index contributed by atoms with van der Waals surface area (Å²) in [5.74, 6) is -1.06. The molecule has 0 radical (unpaired) electrons. The summed E-state index contributed by atoms with van der Waals surface area (Å²) in [6, 6.07) is 5.55. The number of rotatable bonds is 5. The molecular weight excluding hydrogens is 344 g/mol. The first-order valence-corrected chi connectivity index (χ1v) is 7.56. The molecule has 0 bridgehead atoms. The molecule has 1 N–H and O–H groups in total. The van der Waals surface area contributed by atoms with E-state index in [2.05, 4.69) is 15.9 Å². The van der Waals surface area contributed by atoms with E-state index in [0.717, 1.165) is 14.6 Å². The second kappa shape index (κ2) is 5.93. The smallest absolute Gasteiger partial charge is 0.306 e. The molecule has 2 rings (SSSR count). The van der Waals surface area contributed by atoms with E-state index < -0.39 is 11.9 Å². The van der Waals surface area contributed by atoms with E-state index in [0.29, 0.717) is 10.6 Å². The number of hydrogen-bond acceptors (Lipinski definition) is 4. The molecule has 4 nitrogen and oxygen atoms in total. The highest BCUT2D eigenvalue weighted by molar-refractivity contribution is 9.10. The Morgan fingerprint density at radius 2 is 2.10 bits per heavy atom. The molecule has 106 valence electrons. The molecule has 1 aromatic carbocycles. The number of halogens is 1. The zero-order valence-corrected chi connectivity index (χ0v) is 13.4. The van der Waals surface area contributed by atoms with Crippen molar-refractivity contribution >= 4 is 49.1 Å². The number of ketones is 1. The third-order valence-electron chi connectivity index (χ3n) is 2.98. The van der Waals surface area contributed by atoms with Gasteiger partial charge in [-0.2, -0.15) is 0 Å². The third-order valence-corrected chi connectivity index (χ3v) is 4.74. The van der Waals surface area contributed by atoms with Crippen molar-refractivity contribution in [2.24, 2.45) is 5.92 Å². The summed E-state index contributed by atoms with van der Waals surface area (Å²) < 4.78 is 6.98. The van der Waals surface area contributed by atoms with Crippen LogP contribution in [-0.4, -0.2) is 24.0 Å². The van der Waals surface area contributed by atoms with Crippen LogP contribution in [-0.2, 0) is 4.79 Å². The van der Waals surface area contributed by atoms with Gasteiger partial charge in [0, 0.05) is 11.1 Å². The van der Waals surface area contributed by atoms with Crippen LogP contribution in [0.1, 0.15) is 23.0 Å². The fourth-order valence-electron chi connectivity index (χ4n) is 1.80. The third kappa shape index (κ3) is 3.02. The Balaban J connectivity index is 2.32. The summed E-state index contributed by atoms with van der Waals surface area (Å²) in [6.45, 7) is 1.53. The lowest BCUT2D eigenvalue weighted by Crippen LogP contribution is -2.13. The average molecular weight is 357 g/mol. The molecule has 1 heterocycles. The van der Waals surface area contributed by atoms with E-state index in [9.17, 15) is 9.59 Å². The van der Waals surface area contributed by atoms with E-state index in [1.807, 2.05) is 12.1 Å². The maximum atomic E-state index is 12.1. The van der Waals surface area contributed by atoms with Gasteiger partial charge in [-0.15, -0.1) is 11.3 Å². The van der Waals surface area contributed by atoms with Gasteiger partial charge in [-0.3, -0.25) is 9.59 Å². The fourth-order valence-corrected chi connectivity index (χ4v) is 3.34. The van der Waals surface area contributed by atoms with E-state index >= 15 is 0 Å². The van der Waals surface area contributed by atoms with Gasteiger partial charge in [0.15, 0.2) is 5.78 Å². The van der Waals surface area contributed by atoms with Gasteiger partial charge >= 0.3 is 5.97 Å². The van der Waals surface area contributed by atoms with E-state index in [1.54, 1.807) is 13.2 Å². The van der Waals surface area contributed by atoms with Crippen LogP contribution in [0.2, 0.25) is 0 Å².